The maximum Gasteiger partial charge on any atom is 0.331 e. The Bertz CT molecular complexity index is 1230. The lowest BCUT2D eigenvalue weighted by Gasteiger charge is -2.41. The number of amides is 4. The van der Waals surface area contributed by atoms with Crippen molar-refractivity contribution < 1.29 is 23.9 Å². The van der Waals surface area contributed by atoms with Crippen LogP contribution in [-0.4, -0.2) is 52.3 Å². The van der Waals surface area contributed by atoms with Crippen molar-refractivity contribution in [2.75, 3.05) is 18.5 Å². The van der Waals surface area contributed by atoms with Crippen molar-refractivity contribution in [3.05, 3.63) is 84.2 Å². The molecule has 3 aromatic rings. The SMILES string of the molecule is CCOC(=O)CCCN1C(=O)NC(Nc2ccc(Oc3ccncc3)cc2)N(Cc2ccc(C)cc2)C1=O. The normalized spacial score (nSPS) is 15.2. The van der Waals surface area contributed by atoms with Crippen molar-refractivity contribution in [3.8, 4) is 11.5 Å². The van der Waals surface area contributed by atoms with Gasteiger partial charge in [-0.3, -0.25) is 20.0 Å². The van der Waals surface area contributed by atoms with Gasteiger partial charge < -0.3 is 14.8 Å². The predicted molar refractivity (Wildman–Crippen MR) is 141 cm³/mol. The van der Waals surface area contributed by atoms with E-state index < -0.39 is 18.4 Å². The van der Waals surface area contributed by atoms with Gasteiger partial charge in [0.2, 0.25) is 0 Å². The summed E-state index contributed by atoms with van der Waals surface area (Å²) in [7, 11) is 0. The molecule has 0 radical (unpaired) electrons. The van der Waals surface area contributed by atoms with Gasteiger partial charge in [0.25, 0.3) is 0 Å². The summed E-state index contributed by atoms with van der Waals surface area (Å²) in [5, 5.41) is 6.10. The quantitative estimate of drug-likeness (QED) is 0.349. The van der Waals surface area contributed by atoms with Crippen LogP contribution in [0, 0.1) is 6.92 Å². The highest BCUT2D eigenvalue weighted by Crippen LogP contribution is 2.24. The molecular formula is C28H31N5O5. The predicted octanol–water partition coefficient (Wildman–Crippen LogP) is 4.87. The number of hydrogen-bond donors (Lipinski definition) is 2. The number of nitrogens with zero attached hydrogens (tertiary/aromatic N) is 3. The monoisotopic (exact) mass is 517 g/mol. The standard InChI is InChI=1S/C28H31N5O5/c1-3-37-25(34)5-4-18-32-27(35)31-26(33(28(32)36)19-21-8-6-20(2)7-9-21)30-22-10-12-23(13-11-22)38-24-14-16-29-17-15-24/h6-17,26,30H,3-5,18-19H2,1-2H3,(H,31,35). The third-order valence-electron chi connectivity index (χ3n) is 5.88. The summed E-state index contributed by atoms with van der Waals surface area (Å²) >= 11 is 0. The Hall–Kier alpha value is -4.60. The number of nitrogens with one attached hydrogen (secondary N) is 2. The molecule has 198 valence electrons. The smallest absolute Gasteiger partial charge is 0.331 e. The van der Waals surface area contributed by atoms with E-state index in [1.165, 1.54) is 0 Å². The summed E-state index contributed by atoms with van der Waals surface area (Å²) in [6.07, 6.45) is 2.95. The summed E-state index contributed by atoms with van der Waals surface area (Å²) in [6.45, 7) is 4.39. The van der Waals surface area contributed by atoms with Crippen molar-refractivity contribution in [2.24, 2.45) is 0 Å². The Balaban J connectivity index is 1.47. The van der Waals surface area contributed by atoms with Crippen molar-refractivity contribution in [1.29, 1.82) is 0 Å². The van der Waals surface area contributed by atoms with Gasteiger partial charge in [0.1, 0.15) is 11.5 Å². The lowest BCUT2D eigenvalue weighted by Crippen LogP contribution is -2.67. The summed E-state index contributed by atoms with van der Waals surface area (Å²) in [5.74, 6) is 0.942. The van der Waals surface area contributed by atoms with Gasteiger partial charge in [-0.25, -0.2) is 14.5 Å². The number of urea groups is 2. The fourth-order valence-electron chi connectivity index (χ4n) is 3.92. The van der Waals surface area contributed by atoms with Crippen molar-refractivity contribution >= 4 is 23.7 Å². The summed E-state index contributed by atoms with van der Waals surface area (Å²) in [4.78, 5) is 44.7. The van der Waals surface area contributed by atoms with Crippen LogP contribution in [0.1, 0.15) is 30.9 Å². The maximum atomic E-state index is 13.5. The second-order valence-electron chi connectivity index (χ2n) is 8.76. The molecule has 0 aliphatic carbocycles. The number of anilines is 1. The summed E-state index contributed by atoms with van der Waals surface area (Å²) < 4.78 is 10.8. The lowest BCUT2D eigenvalue weighted by molar-refractivity contribution is -0.143. The zero-order valence-corrected chi connectivity index (χ0v) is 21.4. The van der Waals surface area contributed by atoms with Crippen molar-refractivity contribution in [3.63, 3.8) is 0 Å². The Morgan fingerprint density at radius 3 is 2.37 bits per heavy atom. The number of pyridine rings is 1. The van der Waals surface area contributed by atoms with E-state index in [9.17, 15) is 14.4 Å². The van der Waals surface area contributed by atoms with Gasteiger partial charge >= 0.3 is 18.0 Å². The molecule has 2 heterocycles. The topological polar surface area (TPSA) is 113 Å². The molecule has 38 heavy (non-hydrogen) atoms. The first-order valence-corrected chi connectivity index (χ1v) is 12.5. The molecule has 1 atom stereocenters. The third kappa shape index (κ3) is 7.00. The van der Waals surface area contributed by atoms with Gasteiger partial charge in [-0.15, -0.1) is 0 Å². The zero-order chi connectivity index (χ0) is 26.9. The van der Waals surface area contributed by atoms with Crippen LogP contribution in [0.2, 0.25) is 0 Å². The lowest BCUT2D eigenvalue weighted by atomic mass is 10.1. The van der Waals surface area contributed by atoms with Crippen LogP contribution in [0.4, 0.5) is 15.3 Å². The molecule has 2 N–H and O–H groups in total. The molecule has 1 unspecified atom stereocenters. The van der Waals surface area contributed by atoms with Crippen LogP contribution in [0.15, 0.2) is 73.1 Å². The van der Waals surface area contributed by atoms with E-state index in [-0.39, 0.29) is 32.1 Å². The van der Waals surface area contributed by atoms with Gasteiger partial charge in [0.15, 0.2) is 6.29 Å². The van der Waals surface area contributed by atoms with E-state index in [0.29, 0.717) is 23.6 Å². The highest BCUT2D eigenvalue weighted by atomic mass is 16.5. The van der Waals surface area contributed by atoms with Gasteiger partial charge in [0.05, 0.1) is 13.2 Å². The molecule has 2 aromatic carbocycles. The van der Waals surface area contributed by atoms with Crippen molar-refractivity contribution in [2.45, 2.75) is 39.5 Å². The number of ether oxygens (including phenoxy) is 2. The van der Waals surface area contributed by atoms with Crippen LogP contribution in [0.25, 0.3) is 0 Å². The molecule has 4 rings (SSSR count). The minimum absolute atomic E-state index is 0.0988. The van der Waals surface area contributed by atoms with E-state index in [2.05, 4.69) is 15.6 Å². The molecule has 0 spiro atoms. The minimum atomic E-state index is -0.787. The number of aromatic nitrogens is 1. The second kappa shape index (κ2) is 12.6. The molecule has 1 aliphatic heterocycles. The van der Waals surface area contributed by atoms with Crippen LogP contribution in [0.3, 0.4) is 0 Å². The third-order valence-corrected chi connectivity index (χ3v) is 5.88. The first-order chi connectivity index (χ1) is 18.4. The first-order valence-electron chi connectivity index (χ1n) is 12.5. The number of rotatable bonds is 11. The van der Waals surface area contributed by atoms with Crippen LogP contribution in [0.5, 0.6) is 11.5 Å². The molecule has 1 fully saturated rings. The van der Waals surface area contributed by atoms with Crippen LogP contribution in [-0.2, 0) is 16.1 Å². The molecule has 1 saturated heterocycles. The average Bonchev–Trinajstić information content (AvgIpc) is 2.91. The number of esters is 1. The number of carbonyl (C=O) groups excluding carboxylic acids is 3. The molecule has 10 heteroatoms. The number of hydrogen-bond acceptors (Lipinski definition) is 7. The molecular weight excluding hydrogens is 486 g/mol. The van der Waals surface area contributed by atoms with Crippen molar-refractivity contribution in [1.82, 2.24) is 20.1 Å². The Morgan fingerprint density at radius 1 is 1.00 bits per heavy atom. The van der Waals surface area contributed by atoms with E-state index in [0.717, 1.165) is 16.0 Å². The molecule has 10 nitrogen and oxygen atoms in total. The zero-order valence-electron chi connectivity index (χ0n) is 21.4. The number of imide groups is 1. The van der Waals surface area contributed by atoms with Gasteiger partial charge in [-0.05, 0) is 62.2 Å². The maximum absolute atomic E-state index is 13.5. The van der Waals surface area contributed by atoms with E-state index >= 15 is 0 Å². The molecule has 1 aliphatic rings. The van der Waals surface area contributed by atoms with Crippen LogP contribution < -0.4 is 15.4 Å². The largest absolute Gasteiger partial charge is 0.466 e. The highest BCUT2D eigenvalue weighted by molar-refractivity contribution is 5.96. The Kier molecular flexibility index (Phi) is 8.76. The van der Waals surface area contributed by atoms with E-state index in [1.807, 2.05) is 43.3 Å². The van der Waals surface area contributed by atoms with E-state index in [4.69, 9.17) is 9.47 Å². The fourth-order valence-corrected chi connectivity index (χ4v) is 3.92. The van der Waals surface area contributed by atoms with E-state index in [1.54, 1.807) is 48.5 Å². The molecule has 0 bridgehead atoms. The minimum Gasteiger partial charge on any atom is -0.466 e. The summed E-state index contributed by atoms with van der Waals surface area (Å²) in [6, 6.07) is 17.6. The molecule has 1 aromatic heterocycles. The fraction of sp³-hybridized carbons (Fsp3) is 0.286. The number of aryl methyl sites for hydroxylation is 1. The first kappa shape index (κ1) is 26.5. The highest BCUT2D eigenvalue weighted by Gasteiger charge is 2.38. The Labute approximate surface area is 221 Å². The molecule has 0 saturated carbocycles. The number of carbonyl (C=O) groups is 3. The number of benzene rings is 2. The molecule has 4 amide bonds. The van der Waals surface area contributed by atoms with Gasteiger partial charge in [0, 0.05) is 31.0 Å². The average molecular weight is 518 g/mol. The Morgan fingerprint density at radius 2 is 1.68 bits per heavy atom. The second-order valence-corrected chi connectivity index (χ2v) is 8.76. The van der Waals surface area contributed by atoms with Crippen LogP contribution >= 0.6 is 0 Å². The summed E-state index contributed by atoms with van der Waals surface area (Å²) in [5.41, 5.74) is 2.71. The van der Waals surface area contributed by atoms with Gasteiger partial charge in [-0.2, -0.15) is 0 Å². The van der Waals surface area contributed by atoms with Gasteiger partial charge in [-0.1, -0.05) is 29.8 Å².